The van der Waals surface area contributed by atoms with E-state index >= 15 is 0 Å². The Labute approximate surface area is 137 Å². The highest BCUT2D eigenvalue weighted by Gasteiger charge is 2.15. The highest BCUT2D eigenvalue weighted by atomic mass is 79.9. The number of fused-ring (bicyclic) bond motifs is 1. The molecule has 5 nitrogen and oxygen atoms in total. The Morgan fingerprint density at radius 2 is 2.18 bits per heavy atom. The van der Waals surface area contributed by atoms with Crippen LogP contribution in [0.1, 0.15) is 27.2 Å². The maximum atomic E-state index is 13.6. The van der Waals surface area contributed by atoms with E-state index in [4.69, 9.17) is 4.74 Å². The number of carbonyl (C=O) groups is 1. The first kappa shape index (κ1) is 16.7. The third-order valence-electron chi connectivity index (χ3n) is 2.92. The average molecular weight is 372 g/mol. The molecule has 0 radical (unpaired) electrons. The van der Waals surface area contributed by atoms with Crippen molar-refractivity contribution < 1.29 is 13.9 Å². The molecule has 1 aromatic heterocycles. The molecule has 0 aliphatic carbocycles. The Bertz CT molecular complexity index is 679. The van der Waals surface area contributed by atoms with Crippen LogP contribution in [-0.2, 0) is 11.3 Å². The van der Waals surface area contributed by atoms with Gasteiger partial charge < -0.3 is 14.6 Å². The van der Waals surface area contributed by atoms with E-state index in [2.05, 4.69) is 26.2 Å². The lowest BCUT2D eigenvalue weighted by atomic mass is 10.2. The van der Waals surface area contributed by atoms with Gasteiger partial charge in [0.1, 0.15) is 11.4 Å². The van der Waals surface area contributed by atoms with Crippen LogP contribution in [0.5, 0.6) is 0 Å². The van der Waals surface area contributed by atoms with Crippen molar-refractivity contribution in [2.24, 2.45) is 0 Å². The molecule has 0 bridgehead atoms. The van der Waals surface area contributed by atoms with E-state index < -0.39 is 11.7 Å². The molecule has 1 aromatic carbocycles. The Morgan fingerprint density at radius 3 is 2.86 bits per heavy atom. The third-order valence-corrected chi connectivity index (χ3v) is 3.67. The molecule has 0 unspecified atom stereocenters. The average Bonchev–Trinajstić information content (AvgIpc) is 2.81. The van der Waals surface area contributed by atoms with Gasteiger partial charge in [0, 0.05) is 13.1 Å². The fourth-order valence-corrected chi connectivity index (χ4v) is 2.58. The first-order valence-electron chi connectivity index (χ1n) is 7.03. The first-order valence-corrected chi connectivity index (χ1v) is 7.83. The highest BCUT2D eigenvalue weighted by Crippen LogP contribution is 2.26. The van der Waals surface area contributed by atoms with Crippen LogP contribution in [0.15, 0.2) is 22.9 Å². The van der Waals surface area contributed by atoms with E-state index in [1.807, 2.05) is 25.3 Å². The van der Waals surface area contributed by atoms with Gasteiger partial charge in [0.25, 0.3) is 0 Å². The minimum absolute atomic E-state index is 0.318. The zero-order valence-corrected chi connectivity index (χ0v) is 14.4. The largest absolute Gasteiger partial charge is 0.444 e. The number of amides is 1. The fourth-order valence-electron chi connectivity index (χ4n) is 2.02. The van der Waals surface area contributed by atoms with Gasteiger partial charge >= 0.3 is 6.09 Å². The smallest absolute Gasteiger partial charge is 0.407 e. The lowest BCUT2D eigenvalue weighted by Gasteiger charge is -2.19. The molecule has 0 fully saturated rings. The molecule has 0 saturated heterocycles. The van der Waals surface area contributed by atoms with Crippen LogP contribution in [0.4, 0.5) is 9.18 Å². The van der Waals surface area contributed by atoms with Crippen molar-refractivity contribution >= 4 is 33.1 Å². The summed E-state index contributed by atoms with van der Waals surface area (Å²) in [6.45, 7) is 6.54. The van der Waals surface area contributed by atoms with Crippen LogP contribution >= 0.6 is 15.9 Å². The number of carbonyl (C=O) groups excluding carboxylic acids is 1. The lowest BCUT2D eigenvalue weighted by molar-refractivity contribution is 0.0527. The number of imidazole rings is 1. The van der Waals surface area contributed by atoms with Gasteiger partial charge in [0.15, 0.2) is 0 Å². The van der Waals surface area contributed by atoms with Crippen molar-refractivity contribution in [3.05, 3.63) is 28.7 Å². The van der Waals surface area contributed by atoms with E-state index in [0.29, 0.717) is 24.0 Å². The molecule has 0 saturated carbocycles. The van der Waals surface area contributed by atoms with Gasteiger partial charge in [-0.1, -0.05) is 0 Å². The topological polar surface area (TPSA) is 56.1 Å². The zero-order valence-electron chi connectivity index (χ0n) is 12.8. The number of nitrogens with zero attached hydrogens (tertiary/aromatic N) is 2. The number of nitrogens with one attached hydrogen (secondary N) is 1. The highest BCUT2D eigenvalue weighted by molar-refractivity contribution is 9.10. The standard InChI is InChI=1S/C15H19BrFN3O2/c1-15(2,3)22-14(21)18-7-4-8-20-9-19-11-6-5-10(17)12(16)13(11)20/h5-6,9H,4,7-8H2,1-3H3,(H,18,21). The van der Waals surface area contributed by atoms with Crippen LogP contribution < -0.4 is 5.32 Å². The third kappa shape index (κ3) is 4.19. The second-order valence-electron chi connectivity index (χ2n) is 5.95. The second kappa shape index (κ2) is 6.64. The van der Waals surface area contributed by atoms with Gasteiger partial charge in [-0.2, -0.15) is 0 Å². The van der Waals surface area contributed by atoms with Gasteiger partial charge in [0.05, 0.1) is 21.8 Å². The number of rotatable bonds is 4. The summed E-state index contributed by atoms with van der Waals surface area (Å²) < 4.78 is 21.0. The summed E-state index contributed by atoms with van der Waals surface area (Å²) in [5.74, 6) is -0.318. The number of aryl methyl sites for hydroxylation is 1. The van der Waals surface area contributed by atoms with E-state index in [1.165, 1.54) is 6.07 Å². The van der Waals surface area contributed by atoms with Gasteiger partial charge in [-0.3, -0.25) is 0 Å². The van der Waals surface area contributed by atoms with E-state index in [9.17, 15) is 9.18 Å². The molecule has 0 aliphatic rings. The molecule has 0 spiro atoms. The number of alkyl carbamates (subject to hydrolysis) is 1. The second-order valence-corrected chi connectivity index (χ2v) is 6.74. The molecule has 2 aromatic rings. The zero-order chi connectivity index (χ0) is 16.3. The number of hydrogen-bond acceptors (Lipinski definition) is 3. The number of hydrogen-bond donors (Lipinski definition) is 1. The van der Waals surface area contributed by atoms with E-state index in [-0.39, 0.29) is 5.82 Å². The molecular weight excluding hydrogens is 353 g/mol. The summed E-state index contributed by atoms with van der Waals surface area (Å²) in [5.41, 5.74) is 0.943. The molecular formula is C15H19BrFN3O2. The van der Waals surface area contributed by atoms with Crippen LogP contribution in [-0.4, -0.2) is 27.8 Å². The molecule has 120 valence electrons. The van der Waals surface area contributed by atoms with Crippen LogP contribution in [0.25, 0.3) is 11.0 Å². The van der Waals surface area contributed by atoms with Gasteiger partial charge in [-0.25, -0.2) is 14.2 Å². The Kier molecular flexibility index (Phi) is 5.05. The molecule has 1 N–H and O–H groups in total. The van der Waals surface area contributed by atoms with Crippen LogP contribution in [0.2, 0.25) is 0 Å². The van der Waals surface area contributed by atoms with Crippen LogP contribution in [0, 0.1) is 5.82 Å². The van der Waals surface area contributed by atoms with Crippen molar-refractivity contribution in [1.82, 2.24) is 14.9 Å². The molecule has 0 atom stereocenters. The first-order chi connectivity index (χ1) is 10.3. The number of benzene rings is 1. The quantitative estimate of drug-likeness (QED) is 0.830. The van der Waals surface area contributed by atoms with Crippen molar-refractivity contribution in [2.75, 3.05) is 6.54 Å². The maximum Gasteiger partial charge on any atom is 0.407 e. The number of aromatic nitrogens is 2. The van der Waals surface area contributed by atoms with Crippen molar-refractivity contribution in [1.29, 1.82) is 0 Å². The Morgan fingerprint density at radius 1 is 1.45 bits per heavy atom. The minimum atomic E-state index is -0.507. The SMILES string of the molecule is CC(C)(C)OC(=O)NCCCn1cnc2ccc(F)c(Br)c21. The summed E-state index contributed by atoms with van der Waals surface area (Å²) in [4.78, 5) is 15.8. The normalized spacial score (nSPS) is 11.7. The molecule has 7 heteroatoms. The summed E-state index contributed by atoms with van der Waals surface area (Å²) in [5, 5.41) is 2.70. The number of ether oxygens (including phenoxy) is 1. The van der Waals surface area contributed by atoms with Crippen molar-refractivity contribution in [3.8, 4) is 0 Å². The van der Waals surface area contributed by atoms with Gasteiger partial charge in [-0.05, 0) is 55.3 Å². The van der Waals surface area contributed by atoms with Gasteiger partial charge in [0.2, 0.25) is 0 Å². The lowest BCUT2D eigenvalue weighted by Crippen LogP contribution is -2.33. The molecule has 1 heterocycles. The van der Waals surface area contributed by atoms with E-state index in [0.717, 1.165) is 11.0 Å². The minimum Gasteiger partial charge on any atom is -0.444 e. The van der Waals surface area contributed by atoms with Crippen molar-refractivity contribution in [2.45, 2.75) is 39.3 Å². The molecule has 1 amide bonds. The van der Waals surface area contributed by atoms with Gasteiger partial charge in [-0.15, -0.1) is 0 Å². The molecule has 22 heavy (non-hydrogen) atoms. The van der Waals surface area contributed by atoms with Crippen molar-refractivity contribution in [3.63, 3.8) is 0 Å². The van der Waals surface area contributed by atoms with Crippen LogP contribution in [0.3, 0.4) is 0 Å². The Hall–Kier alpha value is -1.63. The summed E-state index contributed by atoms with van der Waals surface area (Å²) in [6, 6.07) is 3.03. The summed E-state index contributed by atoms with van der Waals surface area (Å²) in [6.07, 6.45) is 1.92. The number of halogens is 2. The predicted molar refractivity (Wildman–Crippen MR) is 86.2 cm³/mol. The fraction of sp³-hybridized carbons (Fsp3) is 0.467. The predicted octanol–water partition coefficient (Wildman–Crippen LogP) is 3.85. The summed E-state index contributed by atoms with van der Waals surface area (Å²) in [7, 11) is 0. The summed E-state index contributed by atoms with van der Waals surface area (Å²) >= 11 is 3.25. The monoisotopic (exact) mass is 371 g/mol. The van der Waals surface area contributed by atoms with E-state index in [1.54, 1.807) is 12.4 Å². The molecule has 2 rings (SSSR count). The maximum absolute atomic E-state index is 13.6. The Balaban J connectivity index is 1.91. The molecule has 0 aliphatic heterocycles.